The van der Waals surface area contributed by atoms with Crippen LogP contribution in [-0.4, -0.2) is 193 Å². The van der Waals surface area contributed by atoms with Crippen molar-refractivity contribution in [3.8, 4) is 0 Å². The molecular formula is C71H125NO18. The van der Waals surface area contributed by atoms with Crippen molar-refractivity contribution in [2.75, 3.05) is 26.4 Å². The van der Waals surface area contributed by atoms with Gasteiger partial charge in [-0.2, -0.15) is 0 Å². The maximum absolute atomic E-state index is 13.4. The van der Waals surface area contributed by atoms with Gasteiger partial charge < -0.3 is 89.9 Å². The first-order chi connectivity index (χ1) is 43.8. The van der Waals surface area contributed by atoms with Gasteiger partial charge in [0.05, 0.1) is 38.6 Å². The van der Waals surface area contributed by atoms with Gasteiger partial charge >= 0.3 is 0 Å². The van der Waals surface area contributed by atoms with Gasteiger partial charge in [0.25, 0.3) is 0 Å². The predicted octanol–water partition coefficient (Wildman–Crippen LogP) is 9.33. The lowest BCUT2D eigenvalue weighted by atomic mass is 9.96. The number of allylic oxidation sites excluding steroid dienone is 12. The van der Waals surface area contributed by atoms with Crippen LogP contribution in [0.25, 0.3) is 0 Å². The van der Waals surface area contributed by atoms with E-state index < -0.39 is 124 Å². The van der Waals surface area contributed by atoms with Gasteiger partial charge in [-0.3, -0.25) is 4.79 Å². The Morgan fingerprint density at radius 1 is 0.411 bits per heavy atom. The normalized spacial score (nSPS) is 28.5. The standard InChI is InChI=1S/C71H125NO18/c1-3-5-7-9-11-13-15-17-19-20-21-22-23-24-25-26-27-28-29-30-31-32-33-34-35-37-39-41-43-45-47-49-59(77)72-54(55(76)48-46-44-42-40-38-36-18-16-14-12-10-8-6-4-2)53-85-69-65(83)62(80)67(57(51-74)87-69)90-71-66(84)63(81)68(58(52-75)88-71)89-70-64(82)61(79)60(78)56(50-73)86-70/h5,7,11,13,17,19,21-22,24-25,27-28,54-58,60-71,73-76,78-84H,3-4,6,8-10,12,14-16,18,20,23,26,29-53H2,1-2H3,(H,72,77)/b7-5-,13-11-,19-17-,22-21-,25-24-,28-27-. The van der Waals surface area contributed by atoms with Crippen molar-refractivity contribution in [2.45, 2.75) is 343 Å². The van der Waals surface area contributed by atoms with Gasteiger partial charge in [0.2, 0.25) is 5.91 Å². The molecule has 522 valence electrons. The Morgan fingerprint density at radius 2 is 0.767 bits per heavy atom. The highest BCUT2D eigenvalue weighted by Gasteiger charge is 2.53. The number of nitrogens with one attached hydrogen (secondary N) is 1. The van der Waals surface area contributed by atoms with E-state index in [9.17, 15) is 61.0 Å². The molecule has 12 N–H and O–H groups in total. The Kier molecular flexibility index (Phi) is 47.5. The summed E-state index contributed by atoms with van der Waals surface area (Å²) in [6.45, 7) is 1.68. The van der Waals surface area contributed by atoms with Crippen LogP contribution in [-0.2, 0) is 33.2 Å². The minimum Gasteiger partial charge on any atom is -0.394 e. The van der Waals surface area contributed by atoms with Crippen molar-refractivity contribution in [1.29, 1.82) is 0 Å². The molecule has 0 saturated carbocycles. The lowest BCUT2D eigenvalue weighted by Crippen LogP contribution is -2.66. The molecule has 3 aliphatic rings. The van der Waals surface area contributed by atoms with Gasteiger partial charge in [-0.1, -0.05) is 241 Å². The Morgan fingerprint density at radius 3 is 1.20 bits per heavy atom. The number of aliphatic hydroxyl groups excluding tert-OH is 11. The first-order valence-corrected chi connectivity index (χ1v) is 35.2. The molecule has 19 heteroatoms. The van der Waals surface area contributed by atoms with Crippen LogP contribution in [0.2, 0.25) is 0 Å². The second-order valence-electron chi connectivity index (χ2n) is 25.0. The van der Waals surface area contributed by atoms with Crippen molar-refractivity contribution in [3.63, 3.8) is 0 Å². The molecule has 0 aliphatic carbocycles. The number of hydrogen-bond acceptors (Lipinski definition) is 18. The van der Waals surface area contributed by atoms with E-state index in [1.54, 1.807) is 0 Å². The fraction of sp³-hybridized carbons (Fsp3) is 0.817. The van der Waals surface area contributed by atoms with Crippen LogP contribution in [0.15, 0.2) is 72.9 Å². The summed E-state index contributed by atoms with van der Waals surface area (Å²) >= 11 is 0. The largest absolute Gasteiger partial charge is 0.394 e. The van der Waals surface area contributed by atoms with Crippen LogP contribution in [0.3, 0.4) is 0 Å². The summed E-state index contributed by atoms with van der Waals surface area (Å²) in [6, 6.07) is -0.891. The Bertz CT molecular complexity index is 1920. The van der Waals surface area contributed by atoms with E-state index in [-0.39, 0.29) is 18.9 Å². The molecule has 0 aromatic heterocycles. The van der Waals surface area contributed by atoms with Gasteiger partial charge in [-0.25, -0.2) is 0 Å². The molecule has 3 rings (SSSR count). The minimum absolute atomic E-state index is 0.247. The lowest BCUT2D eigenvalue weighted by Gasteiger charge is -2.48. The molecule has 17 atom stereocenters. The molecule has 19 nitrogen and oxygen atoms in total. The first kappa shape index (κ1) is 81.5. The summed E-state index contributed by atoms with van der Waals surface area (Å²) in [7, 11) is 0. The zero-order valence-electron chi connectivity index (χ0n) is 55.1. The maximum atomic E-state index is 13.4. The monoisotopic (exact) mass is 1280 g/mol. The number of aliphatic hydroxyl groups is 11. The van der Waals surface area contributed by atoms with Crippen LogP contribution >= 0.6 is 0 Å². The first-order valence-electron chi connectivity index (χ1n) is 35.2. The van der Waals surface area contributed by atoms with Gasteiger partial charge in [0.15, 0.2) is 18.9 Å². The van der Waals surface area contributed by atoms with Crippen LogP contribution in [0, 0.1) is 0 Å². The third-order valence-electron chi connectivity index (χ3n) is 17.3. The Labute approximate surface area is 540 Å². The summed E-state index contributed by atoms with van der Waals surface area (Å²) in [4.78, 5) is 13.4. The number of hydrogen-bond donors (Lipinski definition) is 12. The van der Waals surface area contributed by atoms with E-state index >= 15 is 0 Å². The molecule has 3 heterocycles. The number of rotatable bonds is 53. The highest BCUT2D eigenvalue weighted by molar-refractivity contribution is 5.76. The van der Waals surface area contributed by atoms with Gasteiger partial charge in [0.1, 0.15) is 73.2 Å². The van der Waals surface area contributed by atoms with Gasteiger partial charge in [-0.05, 0) is 64.2 Å². The molecule has 0 bridgehead atoms. The van der Waals surface area contributed by atoms with Crippen LogP contribution in [0.1, 0.15) is 239 Å². The summed E-state index contributed by atoms with van der Waals surface area (Å²) in [6.07, 6.45) is 38.4. The van der Waals surface area contributed by atoms with Crippen molar-refractivity contribution in [1.82, 2.24) is 5.32 Å². The minimum atomic E-state index is -1.97. The van der Waals surface area contributed by atoms with E-state index in [0.717, 1.165) is 89.9 Å². The highest BCUT2D eigenvalue weighted by atomic mass is 16.8. The predicted molar refractivity (Wildman–Crippen MR) is 351 cm³/mol. The fourth-order valence-electron chi connectivity index (χ4n) is 11.6. The average Bonchev–Trinajstić information content (AvgIpc) is 0.908. The van der Waals surface area contributed by atoms with Crippen molar-refractivity contribution < 1.29 is 89.4 Å². The topological polar surface area (TPSA) is 307 Å². The zero-order valence-corrected chi connectivity index (χ0v) is 55.1. The highest BCUT2D eigenvalue weighted by Crippen LogP contribution is 2.33. The number of unbranched alkanes of at least 4 members (excludes halogenated alkanes) is 25. The number of carbonyl (C=O) groups excluding carboxylic acids is 1. The second-order valence-corrected chi connectivity index (χ2v) is 25.0. The maximum Gasteiger partial charge on any atom is 0.220 e. The molecule has 0 aromatic carbocycles. The van der Waals surface area contributed by atoms with Crippen molar-refractivity contribution in [3.05, 3.63) is 72.9 Å². The van der Waals surface area contributed by atoms with Crippen LogP contribution in [0.5, 0.6) is 0 Å². The van der Waals surface area contributed by atoms with E-state index in [2.05, 4.69) is 92.1 Å². The molecule has 90 heavy (non-hydrogen) atoms. The van der Waals surface area contributed by atoms with E-state index in [1.165, 1.54) is 116 Å². The molecule has 3 aliphatic heterocycles. The lowest BCUT2D eigenvalue weighted by molar-refractivity contribution is -0.379. The van der Waals surface area contributed by atoms with E-state index in [0.29, 0.717) is 12.8 Å². The zero-order chi connectivity index (χ0) is 65.4. The van der Waals surface area contributed by atoms with Gasteiger partial charge in [0, 0.05) is 6.42 Å². The number of ether oxygens (including phenoxy) is 6. The molecule has 0 spiro atoms. The molecule has 1 amide bonds. The van der Waals surface area contributed by atoms with Gasteiger partial charge in [-0.15, -0.1) is 0 Å². The summed E-state index contributed by atoms with van der Waals surface area (Å²) < 4.78 is 34.4. The van der Waals surface area contributed by atoms with Crippen LogP contribution < -0.4 is 5.32 Å². The molecule has 3 saturated heterocycles. The smallest absolute Gasteiger partial charge is 0.220 e. The van der Waals surface area contributed by atoms with Crippen molar-refractivity contribution in [2.24, 2.45) is 0 Å². The summed E-state index contributed by atoms with van der Waals surface area (Å²) in [5.41, 5.74) is 0. The molecule has 0 aromatic rings. The third-order valence-corrected chi connectivity index (χ3v) is 17.3. The van der Waals surface area contributed by atoms with Crippen LogP contribution in [0.4, 0.5) is 0 Å². The quantitative estimate of drug-likeness (QED) is 0.0199. The number of carbonyl (C=O) groups is 1. The second kappa shape index (κ2) is 52.5. The molecule has 3 fully saturated rings. The summed E-state index contributed by atoms with van der Waals surface area (Å²) in [5.74, 6) is -0.247. The molecule has 17 unspecified atom stereocenters. The Hall–Kier alpha value is -2.77. The van der Waals surface area contributed by atoms with Crippen molar-refractivity contribution >= 4 is 5.91 Å². The number of amides is 1. The molecule has 0 radical (unpaired) electrons. The van der Waals surface area contributed by atoms with E-state index in [1.807, 2.05) is 0 Å². The molecular weight excluding hydrogens is 1150 g/mol. The summed E-state index contributed by atoms with van der Waals surface area (Å²) in [5, 5.41) is 121. The average molecular weight is 1280 g/mol. The fourth-order valence-corrected chi connectivity index (χ4v) is 11.6. The Balaban J connectivity index is 1.38. The SMILES string of the molecule is CC/C=C\C/C=C\C/C=C\C/C=C\C/C=C\C/C=C\CCCCCCCCCCCCCCC(=O)NC(COC1OC(CO)C(OC2OC(CO)C(OC3OC(CO)C(O)C(O)C3O)C(O)C2O)C(O)C1O)C(O)CCCCCCCCCCCCCCCC. The third kappa shape index (κ3) is 34.1. The van der Waals surface area contributed by atoms with E-state index in [4.69, 9.17) is 28.4 Å².